The lowest BCUT2D eigenvalue weighted by atomic mass is 10.0. The van der Waals surface area contributed by atoms with Crippen molar-refractivity contribution in [2.45, 2.75) is 23.8 Å². The Morgan fingerprint density at radius 1 is 1.22 bits per heavy atom. The SMILES string of the molecule is CNS(=O)(=O)c1ccc(N2CCCC2c2ccc(OC)cc2)c([N+](=O)[O-])c1. The second kappa shape index (κ2) is 7.53. The molecule has 2 aromatic rings. The first kappa shape index (κ1) is 19.1. The van der Waals surface area contributed by atoms with E-state index in [4.69, 9.17) is 4.74 Å². The highest BCUT2D eigenvalue weighted by atomic mass is 32.2. The normalized spacial score (nSPS) is 17.1. The summed E-state index contributed by atoms with van der Waals surface area (Å²) >= 11 is 0. The molecule has 0 radical (unpaired) electrons. The summed E-state index contributed by atoms with van der Waals surface area (Å²) < 4.78 is 31.4. The predicted octanol–water partition coefficient (Wildman–Crippen LogP) is 2.85. The van der Waals surface area contributed by atoms with Crippen LogP contribution in [-0.2, 0) is 10.0 Å². The van der Waals surface area contributed by atoms with E-state index in [2.05, 4.69) is 4.72 Å². The summed E-state index contributed by atoms with van der Waals surface area (Å²) in [6, 6.07) is 11.7. The number of anilines is 1. The number of hydrogen-bond donors (Lipinski definition) is 1. The Morgan fingerprint density at radius 2 is 1.93 bits per heavy atom. The number of nitrogens with zero attached hydrogens (tertiary/aromatic N) is 2. The van der Waals surface area contributed by atoms with Crippen molar-refractivity contribution in [3.63, 3.8) is 0 Å². The minimum atomic E-state index is -3.75. The fraction of sp³-hybridized carbons (Fsp3) is 0.333. The lowest BCUT2D eigenvalue weighted by Gasteiger charge is -2.27. The molecule has 1 unspecified atom stereocenters. The van der Waals surface area contributed by atoms with E-state index in [9.17, 15) is 18.5 Å². The van der Waals surface area contributed by atoms with Crippen LogP contribution in [0.2, 0.25) is 0 Å². The molecule has 0 saturated carbocycles. The van der Waals surface area contributed by atoms with Crippen molar-refractivity contribution in [3.8, 4) is 5.75 Å². The molecule has 1 saturated heterocycles. The van der Waals surface area contributed by atoms with Crippen molar-refractivity contribution < 1.29 is 18.1 Å². The van der Waals surface area contributed by atoms with Crippen molar-refractivity contribution in [3.05, 3.63) is 58.1 Å². The number of nitrogens with one attached hydrogen (secondary N) is 1. The molecule has 0 spiro atoms. The largest absolute Gasteiger partial charge is 0.497 e. The Kier molecular flexibility index (Phi) is 5.33. The van der Waals surface area contributed by atoms with E-state index < -0.39 is 14.9 Å². The number of benzene rings is 2. The molecule has 144 valence electrons. The molecule has 0 aliphatic carbocycles. The molecule has 1 N–H and O–H groups in total. The van der Waals surface area contributed by atoms with Gasteiger partial charge in [-0.15, -0.1) is 0 Å². The standard InChI is InChI=1S/C18H21N3O5S/c1-19-27(24,25)15-9-10-17(18(12-15)21(22)23)20-11-3-4-16(20)13-5-7-14(26-2)8-6-13/h5-10,12,16,19H,3-4,11H2,1-2H3. The van der Waals surface area contributed by atoms with Gasteiger partial charge in [-0.25, -0.2) is 13.1 Å². The zero-order chi connectivity index (χ0) is 19.6. The maximum atomic E-state index is 12.0. The molecule has 9 heteroatoms. The van der Waals surface area contributed by atoms with Crippen LogP contribution in [0.5, 0.6) is 5.75 Å². The van der Waals surface area contributed by atoms with Crippen LogP contribution in [0.15, 0.2) is 47.4 Å². The van der Waals surface area contributed by atoms with Crippen LogP contribution in [0.25, 0.3) is 0 Å². The average Bonchev–Trinajstić information content (AvgIpc) is 3.17. The molecule has 1 aliphatic heterocycles. The second-order valence-electron chi connectivity index (χ2n) is 6.24. The van der Waals surface area contributed by atoms with Gasteiger partial charge in [0.15, 0.2) is 0 Å². The van der Waals surface area contributed by atoms with E-state index in [-0.39, 0.29) is 16.6 Å². The highest BCUT2D eigenvalue weighted by Gasteiger charge is 2.32. The van der Waals surface area contributed by atoms with Gasteiger partial charge in [-0.3, -0.25) is 10.1 Å². The Labute approximate surface area is 158 Å². The van der Waals surface area contributed by atoms with Gasteiger partial charge in [0, 0.05) is 12.6 Å². The maximum absolute atomic E-state index is 12.0. The Hall–Kier alpha value is -2.65. The summed E-state index contributed by atoms with van der Waals surface area (Å²) in [6.07, 6.45) is 1.75. The monoisotopic (exact) mass is 391 g/mol. The van der Waals surface area contributed by atoms with Gasteiger partial charge in [0.25, 0.3) is 5.69 Å². The molecule has 27 heavy (non-hydrogen) atoms. The number of nitro benzene ring substituents is 1. The van der Waals surface area contributed by atoms with Gasteiger partial charge in [-0.2, -0.15) is 0 Å². The number of methoxy groups -OCH3 is 1. The lowest BCUT2D eigenvalue weighted by molar-refractivity contribution is -0.384. The van der Waals surface area contributed by atoms with Crippen LogP contribution < -0.4 is 14.4 Å². The molecular weight excluding hydrogens is 370 g/mol. The van der Waals surface area contributed by atoms with E-state index >= 15 is 0 Å². The number of sulfonamides is 1. The van der Waals surface area contributed by atoms with Crippen molar-refractivity contribution in [2.75, 3.05) is 25.6 Å². The molecular formula is C18H21N3O5S. The lowest BCUT2D eigenvalue weighted by Crippen LogP contribution is -2.24. The van der Waals surface area contributed by atoms with Crippen molar-refractivity contribution in [1.29, 1.82) is 0 Å². The smallest absolute Gasteiger partial charge is 0.293 e. The average molecular weight is 391 g/mol. The van der Waals surface area contributed by atoms with Gasteiger partial charge in [-0.1, -0.05) is 12.1 Å². The van der Waals surface area contributed by atoms with E-state index in [0.717, 1.165) is 30.2 Å². The summed E-state index contributed by atoms with van der Waals surface area (Å²) in [5.74, 6) is 0.746. The molecule has 8 nitrogen and oxygen atoms in total. The van der Waals surface area contributed by atoms with Gasteiger partial charge >= 0.3 is 0 Å². The van der Waals surface area contributed by atoms with E-state index in [1.54, 1.807) is 7.11 Å². The molecule has 1 fully saturated rings. The number of nitro groups is 1. The zero-order valence-corrected chi connectivity index (χ0v) is 15.9. The third kappa shape index (κ3) is 3.74. The third-order valence-corrected chi connectivity index (χ3v) is 6.20. The molecule has 0 aromatic heterocycles. The molecule has 1 atom stereocenters. The molecule has 1 heterocycles. The third-order valence-electron chi connectivity index (χ3n) is 4.79. The molecule has 0 amide bonds. The Balaban J connectivity index is 2.01. The topological polar surface area (TPSA) is 102 Å². The summed E-state index contributed by atoms with van der Waals surface area (Å²) in [5.41, 5.74) is 1.25. The van der Waals surface area contributed by atoms with Crippen LogP contribution in [0.3, 0.4) is 0 Å². The van der Waals surface area contributed by atoms with Crippen LogP contribution in [-0.4, -0.2) is 34.0 Å². The maximum Gasteiger partial charge on any atom is 0.293 e. The van der Waals surface area contributed by atoms with Crippen LogP contribution in [0, 0.1) is 10.1 Å². The molecule has 2 aromatic carbocycles. The summed E-state index contributed by atoms with van der Waals surface area (Å²) in [6.45, 7) is 0.662. The van der Waals surface area contributed by atoms with Crippen LogP contribution in [0.1, 0.15) is 24.4 Å². The van der Waals surface area contributed by atoms with E-state index in [0.29, 0.717) is 12.2 Å². The molecule has 0 bridgehead atoms. The minimum Gasteiger partial charge on any atom is -0.497 e. The predicted molar refractivity (Wildman–Crippen MR) is 102 cm³/mol. The summed E-state index contributed by atoms with van der Waals surface area (Å²) in [7, 11) is -0.883. The van der Waals surface area contributed by atoms with Crippen molar-refractivity contribution in [2.24, 2.45) is 0 Å². The van der Waals surface area contributed by atoms with Gasteiger partial charge < -0.3 is 9.64 Å². The summed E-state index contributed by atoms with van der Waals surface area (Å²) in [4.78, 5) is 12.9. The minimum absolute atomic E-state index is 0.0126. The quantitative estimate of drug-likeness (QED) is 0.600. The van der Waals surface area contributed by atoms with Gasteiger partial charge in [0.05, 0.1) is 23.0 Å². The molecule has 3 rings (SSSR count). The first-order valence-corrected chi connectivity index (χ1v) is 9.98. The highest BCUT2D eigenvalue weighted by Crippen LogP contribution is 2.41. The first-order valence-electron chi connectivity index (χ1n) is 8.50. The first-order chi connectivity index (χ1) is 12.9. The number of ether oxygens (including phenoxy) is 1. The number of hydrogen-bond acceptors (Lipinski definition) is 6. The fourth-order valence-corrected chi connectivity index (χ4v) is 4.15. The Morgan fingerprint density at radius 3 is 2.52 bits per heavy atom. The van der Waals surface area contributed by atoms with Gasteiger partial charge in [0.1, 0.15) is 11.4 Å². The summed E-state index contributed by atoms with van der Waals surface area (Å²) in [5, 5.41) is 11.6. The van der Waals surface area contributed by atoms with E-state index in [1.807, 2.05) is 29.2 Å². The van der Waals surface area contributed by atoms with Crippen LogP contribution in [0.4, 0.5) is 11.4 Å². The number of rotatable bonds is 6. The Bertz CT molecular complexity index is 944. The van der Waals surface area contributed by atoms with Gasteiger partial charge in [0.2, 0.25) is 10.0 Å². The van der Waals surface area contributed by atoms with Gasteiger partial charge in [-0.05, 0) is 49.7 Å². The van der Waals surface area contributed by atoms with Crippen LogP contribution >= 0.6 is 0 Å². The van der Waals surface area contributed by atoms with Crippen molar-refractivity contribution >= 4 is 21.4 Å². The highest BCUT2D eigenvalue weighted by molar-refractivity contribution is 7.89. The second-order valence-corrected chi connectivity index (χ2v) is 8.13. The van der Waals surface area contributed by atoms with E-state index in [1.165, 1.54) is 19.2 Å². The van der Waals surface area contributed by atoms with Crippen molar-refractivity contribution in [1.82, 2.24) is 4.72 Å². The zero-order valence-electron chi connectivity index (χ0n) is 15.1. The molecule has 1 aliphatic rings. The fourth-order valence-electron chi connectivity index (χ4n) is 3.41.